The van der Waals surface area contributed by atoms with Crippen molar-refractivity contribution in [2.24, 2.45) is 0 Å². The van der Waals surface area contributed by atoms with Crippen LogP contribution < -0.4 is 5.32 Å². The van der Waals surface area contributed by atoms with Crippen molar-refractivity contribution in [3.8, 4) is 0 Å². The van der Waals surface area contributed by atoms with Crippen LogP contribution in [-0.2, 0) is 14.6 Å². The van der Waals surface area contributed by atoms with Crippen molar-refractivity contribution in [2.45, 2.75) is 25.2 Å². The largest absolute Gasteiger partial charge is 0.301 e. The van der Waals surface area contributed by atoms with E-state index in [1.165, 1.54) is 11.3 Å². The summed E-state index contributed by atoms with van der Waals surface area (Å²) in [6.45, 7) is 3.66. The summed E-state index contributed by atoms with van der Waals surface area (Å²) in [4.78, 5) is 11.9. The zero-order valence-electron chi connectivity index (χ0n) is 11.7. The van der Waals surface area contributed by atoms with Crippen LogP contribution >= 0.6 is 11.3 Å². The highest BCUT2D eigenvalue weighted by Crippen LogP contribution is 2.15. The van der Waals surface area contributed by atoms with Crippen molar-refractivity contribution in [3.05, 3.63) is 34.8 Å². The summed E-state index contributed by atoms with van der Waals surface area (Å²) in [5, 5.41) is 11.2. The molecule has 0 saturated carbocycles. The molecule has 21 heavy (non-hydrogen) atoms. The average Bonchev–Trinajstić information content (AvgIpc) is 2.82. The van der Waals surface area contributed by atoms with E-state index in [0.717, 1.165) is 10.6 Å². The van der Waals surface area contributed by atoms with Crippen molar-refractivity contribution in [1.82, 2.24) is 10.2 Å². The number of rotatable bonds is 5. The van der Waals surface area contributed by atoms with E-state index in [1.54, 1.807) is 31.2 Å². The van der Waals surface area contributed by atoms with Crippen LogP contribution in [0.5, 0.6) is 0 Å². The number of sulfone groups is 1. The minimum Gasteiger partial charge on any atom is -0.301 e. The number of nitrogens with one attached hydrogen (secondary N) is 1. The Morgan fingerprint density at radius 3 is 2.43 bits per heavy atom. The fourth-order valence-corrected chi connectivity index (χ4v) is 3.47. The normalized spacial score (nSPS) is 11.3. The molecule has 0 saturated heterocycles. The lowest BCUT2D eigenvalue weighted by molar-refractivity contribution is -0.115. The number of carbonyl (C=O) groups is 1. The molecule has 0 bridgehead atoms. The Kier molecular flexibility index (Phi) is 4.69. The summed E-state index contributed by atoms with van der Waals surface area (Å²) >= 11 is 1.24. The molecule has 0 aliphatic carbocycles. The summed E-state index contributed by atoms with van der Waals surface area (Å²) in [7, 11) is -3.45. The van der Waals surface area contributed by atoms with Gasteiger partial charge in [0.1, 0.15) is 5.01 Å². The van der Waals surface area contributed by atoms with Crippen LogP contribution in [0.2, 0.25) is 0 Å². The van der Waals surface area contributed by atoms with Gasteiger partial charge in [-0.05, 0) is 26.0 Å². The van der Waals surface area contributed by atoms with Crippen LogP contribution in [0.1, 0.15) is 17.0 Å². The van der Waals surface area contributed by atoms with Gasteiger partial charge in [0, 0.05) is 6.42 Å². The molecule has 112 valence electrons. The van der Waals surface area contributed by atoms with Crippen molar-refractivity contribution in [1.29, 1.82) is 0 Å². The Morgan fingerprint density at radius 1 is 1.19 bits per heavy atom. The second-order valence-corrected chi connectivity index (χ2v) is 7.85. The summed E-state index contributed by atoms with van der Waals surface area (Å²) in [6, 6.07) is 6.57. The van der Waals surface area contributed by atoms with Gasteiger partial charge in [0.05, 0.1) is 10.6 Å². The van der Waals surface area contributed by atoms with Crippen LogP contribution in [-0.4, -0.2) is 30.3 Å². The number of hydrogen-bond acceptors (Lipinski definition) is 6. The average molecular weight is 325 g/mol. The first-order valence-corrected chi connectivity index (χ1v) is 8.73. The first-order valence-electron chi connectivity index (χ1n) is 6.26. The van der Waals surface area contributed by atoms with E-state index in [0.29, 0.717) is 5.13 Å². The first kappa shape index (κ1) is 15.6. The van der Waals surface area contributed by atoms with E-state index in [2.05, 4.69) is 15.5 Å². The maximum absolute atomic E-state index is 12.1. The van der Waals surface area contributed by atoms with Gasteiger partial charge < -0.3 is 5.32 Å². The number of anilines is 1. The van der Waals surface area contributed by atoms with Gasteiger partial charge in [-0.1, -0.05) is 29.0 Å². The van der Waals surface area contributed by atoms with Crippen LogP contribution in [0.3, 0.4) is 0 Å². The molecule has 2 aromatic rings. The van der Waals surface area contributed by atoms with Gasteiger partial charge in [-0.2, -0.15) is 0 Å². The third-order valence-corrected chi connectivity index (χ3v) is 5.24. The number of benzene rings is 1. The fraction of sp³-hybridized carbons (Fsp3) is 0.308. The van der Waals surface area contributed by atoms with Gasteiger partial charge in [0.2, 0.25) is 11.0 Å². The van der Waals surface area contributed by atoms with Crippen molar-refractivity contribution >= 4 is 32.2 Å². The predicted molar refractivity (Wildman–Crippen MR) is 81.1 cm³/mol. The molecule has 0 radical (unpaired) electrons. The monoisotopic (exact) mass is 325 g/mol. The molecular formula is C13H15N3O3S2. The molecule has 0 aliphatic rings. The number of nitrogens with zero attached hydrogens (tertiary/aromatic N) is 2. The third kappa shape index (κ3) is 4.33. The smallest absolute Gasteiger partial charge is 0.227 e. The van der Waals surface area contributed by atoms with E-state index >= 15 is 0 Å². The molecule has 0 aliphatic heterocycles. The second kappa shape index (κ2) is 6.31. The van der Waals surface area contributed by atoms with Gasteiger partial charge >= 0.3 is 0 Å². The molecule has 2 rings (SSSR count). The number of amides is 1. The standard InChI is InChI=1S/C13H15N3O3S2/c1-9-3-5-11(6-4-9)21(18,19)8-7-12(17)14-13-16-15-10(2)20-13/h3-6H,7-8H2,1-2H3,(H,14,16,17). The summed E-state index contributed by atoms with van der Waals surface area (Å²) in [5.74, 6) is -0.624. The number of aryl methyl sites for hydroxylation is 2. The number of aromatic nitrogens is 2. The highest BCUT2D eigenvalue weighted by molar-refractivity contribution is 7.91. The van der Waals surface area contributed by atoms with E-state index in [1.807, 2.05) is 6.92 Å². The Labute approximate surface area is 127 Å². The molecule has 1 N–H and O–H groups in total. The summed E-state index contributed by atoms with van der Waals surface area (Å²) in [6.07, 6.45) is -0.116. The molecular weight excluding hydrogens is 310 g/mol. The molecule has 1 aromatic carbocycles. The van der Waals surface area contributed by atoms with Crippen LogP contribution in [0.25, 0.3) is 0 Å². The fourth-order valence-electron chi connectivity index (χ4n) is 1.62. The van der Waals surface area contributed by atoms with E-state index in [9.17, 15) is 13.2 Å². The Morgan fingerprint density at radius 2 is 1.86 bits per heavy atom. The Hall–Kier alpha value is -1.80. The van der Waals surface area contributed by atoms with E-state index in [-0.39, 0.29) is 23.0 Å². The van der Waals surface area contributed by atoms with Crippen LogP contribution in [0.15, 0.2) is 29.2 Å². The molecule has 1 heterocycles. The Bertz CT molecular complexity index is 736. The first-order chi connectivity index (χ1) is 9.87. The maximum Gasteiger partial charge on any atom is 0.227 e. The molecule has 6 nitrogen and oxygen atoms in total. The third-order valence-electron chi connectivity index (χ3n) is 2.75. The topological polar surface area (TPSA) is 89.0 Å². The maximum atomic E-state index is 12.1. The minimum atomic E-state index is -3.45. The van der Waals surface area contributed by atoms with Gasteiger partial charge in [-0.15, -0.1) is 10.2 Å². The van der Waals surface area contributed by atoms with Gasteiger partial charge in [0.15, 0.2) is 9.84 Å². The highest BCUT2D eigenvalue weighted by atomic mass is 32.2. The predicted octanol–water partition coefficient (Wildman–Crippen LogP) is 1.96. The second-order valence-electron chi connectivity index (χ2n) is 4.56. The number of hydrogen-bond donors (Lipinski definition) is 1. The summed E-state index contributed by atoms with van der Waals surface area (Å²) < 4.78 is 24.2. The zero-order valence-corrected chi connectivity index (χ0v) is 13.3. The molecule has 0 fully saturated rings. The van der Waals surface area contributed by atoms with E-state index < -0.39 is 9.84 Å². The highest BCUT2D eigenvalue weighted by Gasteiger charge is 2.17. The molecule has 1 amide bonds. The van der Waals surface area contributed by atoms with Crippen molar-refractivity contribution in [2.75, 3.05) is 11.1 Å². The number of carbonyl (C=O) groups excluding carboxylic acids is 1. The molecule has 0 unspecified atom stereocenters. The van der Waals surface area contributed by atoms with Crippen LogP contribution in [0.4, 0.5) is 5.13 Å². The lowest BCUT2D eigenvalue weighted by Gasteiger charge is -2.05. The van der Waals surface area contributed by atoms with Crippen LogP contribution in [0, 0.1) is 13.8 Å². The lowest BCUT2D eigenvalue weighted by Crippen LogP contribution is -2.17. The molecule has 8 heteroatoms. The van der Waals surface area contributed by atoms with Gasteiger partial charge in [0.25, 0.3) is 0 Å². The molecule has 0 spiro atoms. The van der Waals surface area contributed by atoms with E-state index in [4.69, 9.17) is 0 Å². The minimum absolute atomic E-state index is 0.116. The quantitative estimate of drug-likeness (QED) is 0.907. The van der Waals surface area contributed by atoms with Gasteiger partial charge in [-0.25, -0.2) is 8.42 Å². The zero-order chi connectivity index (χ0) is 15.5. The summed E-state index contributed by atoms with van der Waals surface area (Å²) in [5.41, 5.74) is 0.985. The molecule has 1 aromatic heterocycles. The molecule has 0 atom stereocenters. The van der Waals surface area contributed by atoms with Gasteiger partial charge in [-0.3, -0.25) is 4.79 Å². The SMILES string of the molecule is Cc1ccc(S(=O)(=O)CCC(=O)Nc2nnc(C)s2)cc1. The van der Waals surface area contributed by atoms with Crippen molar-refractivity contribution < 1.29 is 13.2 Å². The van der Waals surface area contributed by atoms with Crippen molar-refractivity contribution in [3.63, 3.8) is 0 Å². The Balaban J connectivity index is 1.95. The lowest BCUT2D eigenvalue weighted by atomic mass is 10.2.